The zero-order valence-electron chi connectivity index (χ0n) is 6.73. The Morgan fingerprint density at radius 2 is 1.85 bits per heavy atom. The lowest BCUT2D eigenvalue weighted by atomic mass is 10.0. The second-order valence-corrected chi connectivity index (χ2v) is 2.96. The van der Waals surface area contributed by atoms with Crippen LogP contribution < -0.4 is 0 Å². The highest BCUT2D eigenvalue weighted by atomic mass is 19.4. The second kappa shape index (κ2) is 2.62. The predicted molar refractivity (Wildman–Crippen MR) is 44.1 cm³/mol. The summed E-state index contributed by atoms with van der Waals surface area (Å²) >= 11 is 0. The number of fused-ring (bicyclic) bond motifs is 1. The van der Waals surface area contributed by atoms with Crippen LogP contribution in [0.15, 0.2) is 47.1 Å². The van der Waals surface area contributed by atoms with Crippen molar-refractivity contribution in [2.24, 2.45) is 0 Å². The van der Waals surface area contributed by atoms with E-state index in [0.717, 1.165) is 6.08 Å². The SMILES string of the molecule is FC(F)(F)C1=C2C=CCC=C2C=C1. The fourth-order valence-electron chi connectivity index (χ4n) is 1.50. The van der Waals surface area contributed by atoms with E-state index in [1.54, 1.807) is 12.2 Å². The van der Waals surface area contributed by atoms with Gasteiger partial charge in [0.05, 0.1) is 5.57 Å². The molecule has 0 saturated heterocycles. The van der Waals surface area contributed by atoms with Crippen LogP contribution in [0.1, 0.15) is 6.42 Å². The van der Waals surface area contributed by atoms with Gasteiger partial charge in [0.25, 0.3) is 0 Å². The number of alkyl halides is 3. The molecule has 0 saturated carbocycles. The smallest absolute Gasteiger partial charge is 0.166 e. The van der Waals surface area contributed by atoms with Crippen LogP contribution in [0.3, 0.4) is 0 Å². The molecular weight excluding hydrogens is 177 g/mol. The first-order valence-electron chi connectivity index (χ1n) is 3.95. The average Bonchev–Trinajstić information content (AvgIpc) is 2.45. The van der Waals surface area contributed by atoms with E-state index in [2.05, 4.69) is 0 Å². The number of hydrogen-bond acceptors (Lipinski definition) is 0. The molecule has 0 unspecified atom stereocenters. The third-order valence-corrected chi connectivity index (χ3v) is 2.09. The minimum Gasteiger partial charge on any atom is -0.166 e. The first-order valence-corrected chi connectivity index (χ1v) is 3.95. The van der Waals surface area contributed by atoms with Crippen molar-refractivity contribution in [3.05, 3.63) is 47.1 Å². The van der Waals surface area contributed by atoms with E-state index in [-0.39, 0.29) is 0 Å². The molecule has 2 rings (SSSR count). The largest absolute Gasteiger partial charge is 0.417 e. The van der Waals surface area contributed by atoms with Crippen LogP contribution in [-0.4, -0.2) is 6.18 Å². The lowest BCUT2D eigenvalue weighted by Gasteiger charge is -2.10. The van der Waals surface area contributed by atoms with Gasteiger partial charge in [-0.05, 0) is 23.6 Å². The maximum Gasteiger partial charge on any atom is 0.417 e. The Morgan fingerprint density at radius 1 is 1.08 bits per heavy atom. The summed E-state index contributed by atoms with van der Waals surface area (Å²) in [6.07, 6.45) is 4.20. The Morgan fingerprint density at radius 3 is 2.54 bits per heavy atom. The van der Waals surface area contributed by atoms with Crippen LogP contribution in [-0.2, 0) is 0 Å². The molecule has 0 radical (unpaired) electrons. The van der Waals surface area contributed by atoms with E-state index >= 15 is 0 Å². The third-order valence-electron chi connectivity index (χ3n) is 2.09. The molecular formula is C10H7F3. The fraction of sp³-hybridized carbons (Fsp3) is 0.200. The van der Waals surface area contributed by atoms with Crippen molar-refractivity contribution in [1.82, 2.24) is 0 Å². The van der Waals surface area contributed by atoms with Crippen LogP contribution in [0.25, 0.3) is 0 Å². The average molecular weight is 184 g/mol. The summed E-state index contributed by atoms with van der Waals surface area (Å²) in [6.45, 7) is 0. The topological polar surface area (TPSA) is 0 Å². The van der Waals surface area contributed by atoms with E-state index in [4.69, 9.17) is 0 Å². The van der Waals surface area contributed by atoms with Gasteiger partial charge in [-0.2, -0.15) is 13.2 Å². The summed E-state index contributed by atoms with van der Waals surface area (Å²) in [4.78, 5) is 0. The zero-order valence-corrected chi connectivity index (χ0v) is 6.73. The van der Waals surface area contributed by atoms with E-state index < -0.39 is 11.7 Å². The highest BCUT2D eigenvalue weighted by molar-refractivity contribution is 5.61. The Bertz CT molecular complexity index is 351. The minimum absolute atomic E-state index is 0.304. The summed E-state index contributed by atoms with van der Waals surface area (Å²) in [5, 5.41) is 0. The van der Waals surface area contributed by atoms with Gasteiger partial charge in [0.2, 0.25) is 0 Å². The second-order valence-electron chi connectivity index (χ2n) is 2.96. The molecule has 0 aromatic rings. The van der Waals surface area contributed by atoms with Gasteiger partial charge in [-0.15, -0.1) is 0 Å². The van der Waals surface area contributed by atoms with Crippen molar-refractivity contribution in [1.29, 1.82) is 0 Å². The van der Waals surface area contributed by atoms with Gasteiger partial charge in [0, 0.05) is 0 Å². The molecule has 0 aromatic heterocycles. The summed E-state index contributed by atoms with van der Waals surface area (Å²) in [7, 11) is 0. The van der Waals surface area contributed by atoms with Gasteiger partial charge in [0.1, 0.15) is 0 Å². The monoisotopic (exact) mass is 184 g/mol. The van der Waals surface area contributed by atoms with Gasteiger partial charge in [-0.3, -0.25) is 0 Å². The summed E-state index contributed by atoms with van der Waals surface area (Å²) in [6, 6.07) is 0. The molecule has 0 fully saturated rings. The molecule has 0 atom stereocenters. The van der Waals surface area contributed by atoms with E-state index in [1.807, 2.05) is 0 Å². The molecule has 0 aromatic carbocycles. The Labute approximate surface area is 73.8 Å². The number of halogens is 3. The molecule has 3 heteroatoms. The lowest BCUT2D eigenvalue weighted by molar-refractivity contribution is -0.0884. The van der Waals surface area contributed by atoms with Gasteiger partial charge >= 0.3 is 6.18 Å². The third kappa shape index (κ3) is 1.34. The van der Waals surface area contributed by atoms with Crippen molar-refractivity contribution in [3.8, 4) is 0 Å². The normalized spacial score (nSPS) is 20.7. The number of hydrogen-bond donors (Lipinski definition) is 0. The first-order chi connectivity index (χ1) is 6.09. The number of rotatable bonds is 0. The Kier molecular flexibility index (Phi) is 1.68. The highest BCUT2D eigenvalue weighted by Crippen LogP contribution is 2.38. The molecule has 68 valence electrons. The molecule has 0 heterocycles. The van der Waals surface area contributed by atoms with Crippen molar-refractivity contribution >= 4 is 0 Å². The van der Waals surface area contributed by atoms with Crippen molar-refractivity contribution in [3.63, 3.8) is 0 Å². The van der Waals surface area contributed by atoms with E-state index in [0.29, 0.717) is 17.6 Å². The molecule has 0 N–H and O–H groups in total. The minimum atomic E-state index is -4.23. The van der Waals surface area contributed by atoms with Crippen LogP contribution in [0.4, 0.5) is 13.2 Å². The van der Waals surface area contributed by atoms with Gasteiger partial charge < -0.3 is 0 Å². The molecule has 2 aliphatic rings. The lowest BCUT2D eigenvalue weighted by Crippen LogP contribution is -2.10. The van der Waals surface area contributed by atoms with E-state index in [9.17, 15) is 13.2 Å². The Balaban J connectivity index is 2.49. The molecule has 13 heavy (non-hydrogen) atoms. The number of allylic oxidation sites excluding steroid dienone is 8. The fourth-order valence-corrected chi connectivity index (χ4v) is 1.50. The van der Waals surface area contributed by atoms with Crippen molar-refractivity contribution in [2.45, 2.75) is 12.6 Å². The molecule has 0 aliphatic heterocycles. The van der Waals surface area contributed by atoms with Gasteiger partial charge in [-0.25, -0.2) is 0 Å². The molecule has 0 bridgehead atoms. The first kappa shape index (κ1) is 8.35. The molecule has 0 nitrogen and oxygen atoms in total. The van der Waals surface area contributed by atoms with Gasteiger partial charge in [0.15, 0.2) is 0 Å². The predicted octanol–water partition coefficient (Wildman–Crippen LogP) is 3.30. The van der Waals surface area contributed by atoms with Crippen LogP contribution in [0.2, 0.25) is 0 Å². The standard InChI is InChI=1S/C10H7F3/c11-10(12,13)9-6-5-7-3-1-2-4-8(7)9/h2-6H,1H2. The van der Waals surface area contributed by atoms with Crippen molar-refractivity contribution < 1.29 is 13.2 Å². The Hall–Kier alpha value is -1.25. The van der Waals surface area contributed by atoms with Crippen LogP contribution >= 0.6 is 0 Å². The molecule has 0 amide bonds. The quantitative estimate of drug-likeness (QED) is 0.541. The van der Waals surface area contributed by atoms with Gasteiger partial charge in [-0.1, -0.05) is 24.3 Å². The van der Waals surface area contributed by atoms with Crippen LogP contribution in [0.5, 0.6) is 0 Å². The molecule has 2 aliphatic carbocycles. The maximum atomic E-state index is 12.4. The van der Waals surface area contributed by atoms with E-state index in [1.165, 1.54) is 12.2 Å². The zero-order chi connectivity index (χ0) is 9.47. The van der Waals surface area contributed by atoms with Crippen LogP contribution in [0, 0.1) is 0 Å². The maximum absolute atomic E-state index is 12.4. The summed E-state index contributed by atoms with van der Waals surface area (Å²) in [5.41, 5.74) is 0.461. The summed E-state index contributed by atoms with van der Waals surface area (Å²) in [5.74, 6) is 0. The summed E-state index contributed by atoms with van der Waals surface area (Å²) < 4.78 is 37.1. The van der Waals surface area contributed by atoms with Crippen molar-refractivity contribution in [2.75, 3.05) is 0 Å². The molecule has 0 spiro atoms. The highest BCUT2D eigenvalue weighted by Gasteiger charge is 2.36.